The largest absolute Gasteiger partial charge is 0.207 e. The topological polar surface area (TPSA) is 0 Å². The van der Waals surface area contributed by atoms with Gasteiger partial charge in [0.2, 0.25) is 0 Å². The molecular formula is C28H36F2. The van der Waals surface area contributed by atoms with Crippen LogP contribution in [0.4, 0.5) is 8.78 Å². The van der Waals surface area contributed by atoms with Crippen LogP contribution in [0.5, 0.6) is 0 Å². The molecule has 0 aliphatic heterocycles. The van der Waals surface area contributed by atoms with Crippen LogP contribution in [-0.4, -0.2) is 0 Å². The summed E-state index contributed by atoms with van der Waals surface area (Å²) in [7, 11) is 0. The van der Waals surface area contributed by atoms with E-state index in [1.807, 2.05) is 18.2 Å². The van der Waals surface area contributed by atoms with Gasteiger partial charge in [-0.3, -0.25) is 0 Å². The van der Waals surface area contributed by atoms with E-state index in [-0.39, 0.29) is 17.6 Å². The molecule has 2 saturated carbocycles. The van der Waals surface area contributed by atoms with Gasteiger partial charge in [0, 0.05) is 5.39 Å². The molecule has 0 nitrogen and oxygen atoms in total. The van der Waals surface area contributed by atoms with Crippen LogP contribution in [0.15, 0.2) is 36.9 Å². The highest BCUT2D eigenvalue weighted by molar-refractivity contribution is 5.85. The van der Waals surface area contributed by atoms with E-state index >= 15 is 4.39 Å². The van der Waals surface area contributed by atoms with Gasteiger partial charge in [-0.15, -0.1) is 6.58 Å². The lowest BCUT2D eigenvalue weighted by molar-refractivity contribution is 0.113. The summed E-state index contributed by atoms with van der Waals surface area (Å²) in [6.45, 7) is 5.99. The second-order valence-electron chi connectivity index (χ2n) is 9.81. The fraction of sp³-hybridized carbons (Fsp3) is 0.571. The Labute approximate surface area is 180 Å². The van der Waals surface area contributed by atoms with E-state index in [1.165, 1.54) is 51.0 Å². The summed E-state index contributed by atoms with van der Waals surface area (Å²) in [5.41, 5.74) is 1.46. The maximum atomic E-state index is 15.5. The summed E-state index contributed by atoms with van der Waals surface area (Å²) in [6.07, 6.45) is 14.6. The highest BCUT2D eigenvalue weighted by Gasteiger charge is 2.36. The van der Waals surface area contributed by atoms with Crippen LogP contribution >= 0.6 is 0 Å². The van der Waals surface area contributed by atoms with Crippen molar-refractivity contribution < 1.29 is 8.78 Å². The zero-order chi connectivity index (χ0) is 21.1. The molecule has 4 atom stereocenters. The van der Waals surface area contributed by atoms with Gasteiger partial charge in [-0.2, -0.15) is 0 Å². The maximum absolute atomic E-state index is 15.5. The lowest BCUT2D eigenvalue weighted by Crippen LogP contribution is -2.30. The smallest absolute Gasteiger partial charge is 0.134 e. The van der Waals surface area contributed by atoms with Crippen LogP contribution in [0.1, 0.15) is 88.2 Å². The molecule has 0 amide bonds. The van der Waals surface area contributed by atoms with Gasteiger partial charge in [0.15, 0.2) is 0 Å². The molecule has 2 heteroatoms. The van der Waals surface area contributed by atoms with Crippen molar-refractivity contribution in [1.82, 2.24) is 0 Å². The van der Waals surface area contributed by atoms with Crippen LogP contribution in [0.2, 0.25) is 0 Å². The van der Waals surface area contributed by atoms with Gasteiger partial charge in [0.1, 0.15) is 11.6 Å². The number of rotatable bonds is 7. The van der Waals surface area contributed by atoms with Crippen molar-refractivity contribution >= 4 is 10.8 Å². The first-order valence-electron chi connectivity index (χ1n) is 12.1. The molecule has 0 radical (unpaired) electrons. The zero-order valence-electron chi connectivity index (χ0n) is 18.4. The number of halogens is 2. The molecule has 2 aliphatic rings. The van der Waals surface area contributed by atoms with E-state index in [2.05, 4.69) is 13.5 Å². The normalized spacial score (nSPS) is 26.5. The molecule has 162 valence electrons. The third-order valence-corrected chi connectivity index (χ3v) is 7.90. The molecule has 0 saturated heterocycles. The lowest BCUT2D eigenvalue weighted by Gasteiger charge is -2.42. The van der Waals surface area contributed by atoms with Gasteiger partial charge in [-0.1, -0.05) is 50.8 Å². The Hall–Kier alpha value is -1.70. The van der Waals surface area contributed by atoms with Gasteiger partial charge in [-0.05, 0) is 97.3 Å². The van der Waals surface area contributed by atoms with Crippen LogP contribution in [0.3, 0.4) is 0 Å². The SMILES string of the molecule is C=CCCc1cc2ccc([C@@H]3CC[C@@H]4CC(CCCC)CCC4C3)c(F)c2cc1F. The van der Waals surface area contributed by atoms with E-state index < -0.39 is 0 Å². The molecule has 4 rings (SSSR count). The molecule has 2 aliphatic carbocycles. The van der Waals surface area contributed by atoms with Crippen molar-refractivity contribution in [3.8, 4) is 0 Å². The number of unbranched alkanes of at least 4 members (excludes halogenated alkanes) is 1. The average Bonchev–Trinajstić information content (AvgIpc) is 2.76. The number of aryl methyl sites for hydroxylation is 1. The van der Waals surface area contributed by atoms with Crippen molar-refractivity contribution in [2.75, 3.05) is 0 Å². The standard InChI is InChI=1S/C28H36F2/c1-3-5-7-19-9-10-21-16-22(12-11-20(21)15-19)25-14-13-23-17-24(8-6-4-2)27(29)18-26(23)28(25)30/h4,13-14,17-22H,2-3,5-12,15-16H2,1H3/t19?,20-,21?,22-/m1/s1. The summed E-state index contributed by atoms with van der Waals surface area (Å²) in [4.78, 5) is 0. The molecule has 2 aromatic rings. The highest BCUT2D eigenvalue weighted by atomic mass is 19.1. The number of allylic oxidation sites excluding steroid dienone is 1. The summed E-state index contributed by atoms with van der Waals surface area (Å²) >= 11 is 0. The van der Waals surface area contributed by atoms with E-state index in [0.29, 0.717) is 17.4 Å². The minimum atomic E-state index is -0.297. The maximum Gasteiger partial charge on any atom is 0.134 e. The molecule has 2 fully saturated rings. The Balaban J connectivity index is 1.50. The van der Waals surface area contributed by atoms with Crippen molar-refractivity contribution in [3.05, 3.63) is 59.7 Å². The Kier molecular flexibility index (Phi) is 6.91. The minimum absolute atomic E-state index is 0.193. The monoisotopic (exact) mass is 410 g/mol. The van der Waals surface area contributed by atoms with Crippen LogP contribution < -0.4 is 0 Å². The second-order valence-corrected chi connectivity index (χ2v) is 9.81. The van der Waals surface area contributed by atoms with E-state index in [4.69, 9.17) is 0 Å². The van der Waals surface area contributed by atoms with Crippen LogP contribution in [0.25, 0.3) is 10.8 Å². The fourth-order valence-corrected chi connectivity index (χ4v) is 6.16. The minimum Gasteiger partial charge on any atom is -0.207 e. The predicted octanol–water partition coefficient (Wildman–Crippen LogP) is 8.73. The molecule has 0 spiro atoms. The number of hydrogen-bond donors (Lipinski definition) is 0. The van der Waals surface area contributed by atoms with Crippen molar-refractivity contribution in [2.45, 2.75) is 83.5 Å². The van der Waals surface area contributed by atoms with Crippen molar-refractivity contribution in [2.24, 2.45) is 17.8 Å². The second kappa shape index (κ2) is 9.62. The van der Waals surface area contributed by atoms with Gasteiger partial charge >= 0.3 is 0 Å². The Morgan fingerprint density at radius 1 is 1.03 bits per heavy atom. The summed E-state index contributed by atoms with van der Waals surface area (Å²) in [5, 5.41) is 1.25. The highest BCUT2D eigenvalue weighted by Crippen LogP contribution is 2.49. The number of fused-ring (bicyclic) bond motifs is 2. The molecule has 2 unspecified atom stereocenters. The van der Waals surface area contributed by atoms with Crippen molar-refractivity contribution in [3.63, 3.8) is 0 Å². The van der Waals surface area contributed by atoms with E-state index in [9.17, 15) is 4.39 Å². The van der Waals surface area contributed by atoms with E-state index in [0.717, 1.165) is 48.0 Å². The Bertz CT molecular complexity index is 884. The first-order chi connectivity index (χ1) is 14.6. The molecule has 0 aromatic heterocycles. The summed E-state index contributed by atoms with van der Waals surface area (Å²) in [5.74, 6) is 2.29. The van der Waals surface area contributed by atoms with Crippen molar-refractivity contribution in [1.29, 1.82) is 0 Å². The summed E-state index contributed by atoms with van der Waals surface area (Å²) in [6, 6.07) is 7.20. The average molecular weight is 411 g/mol. The van der Waals surface area contributed by atoms with E-state index in [1.54, 1.807) is 6.08 Å². The predicted molar refractivity (Wildman–Crippen MR) is 123 cm³/mol. The third-order valence-electron chi connectivity index (χ3n) is 7.90. The summed E-state index contributed by atoms with van der Waals surface area (Å²) < 4.78 is 30.0. The number of benzene rings is 2. The van der Waals surface area contributed by atoms with Crippen LogP contribution in [-0.2, 0) is 6.42 Å². The zero-order valence-corrected chi connectivity index (χ0v) is 18.4. The first-order valence-corrected chi connectivity index (χ1v) is 12.1. The van der Waals surface area contributed by atoms with Gasteiger partial charge in [0.05, 0.1) is 0 Å². The molecule has 0 N–H and O–H groups in total. The molecule has 2 aromatic carbocycles. The number of hydrogen-bond acceptors (Lipinski definition) is 0. The molecule has 30 heavy (non-hydrogen) atoms. The Morgan fingerprint density at radius 3 is 2.63 bits per heavy atom. The Morgan fingerprint density at radius 2 is 1.83 bits per heavy atom. The fourth-order valence-electron chi connectivity index (χ4n) is 6.16. The molecule has 0 bridgehead atoms. The third kappa shape index (κ3) is 4.48. The van der Waals surface area contributed by atoms with Gasteiger partial charge < -0.3 is 0 Å². The first kappa shape index (κ1) is 21.5. The van der Waals surface area contributed by atoms with Gasteiger partial charge in [0.25, 0.3) is 0 Å². The van der Waals surface area contributed by atoms with Crippen LogP contribution in [0, 0.1) is 29.4 Å². The quantitative estimate of drug-likeness (QED) is 0.400. The van der Waals surface area contributed by atoms with Gasteiger partial charge in [-0.25, -0.2) is 8.78 Å². The molecular weight excluding hydrogens is 374 g/mol. The lowest BCUT2D eigenvalue weighted by atomic mass is 9.63. The molecule has 0 heterocycles.